The first-order chi connectivity index (χ1) is 17.6. The number of hydrogen-bond acceptors (Lipinski definition) is 7. The van der Waals surface area contributed by atoms with Gasteiger partial charge in [0, 0.05) is 27.2 Å². The topological polar surface area (TPSA) is 101 Å². The SMILES string of the molecule is Cc1cccc(S(=O)(=O)NC(=O)c2ccc(-c3cc(F)cc(OCC(C)C)c3)nc2N(C)CC(F)(F)F)n1.[HH].[HH]. The van der Waals surface area contributed by atoms with Crippen molar-refractivity contribution in [1.82, 2.24) is 14.7 Å². The minimum absolute atomic E-state index is 0. The molecule has 0 unspecified atom stereocenters. The second-order valence-electron chi connectivity index (χ2n) is 8.97. The van der Waals surface area contributed by atoms with Crippen LogP contribution in [0.3, 0.4) is 0 Å². The van der Waals surface area contributed by atoms with Gasteiger partial charge < -0.3 is 9.64 Å². The summed E-state index contributed by atoms with van der Waals surface area (Å²) < 4.78 is 86.6. The number of carbonyl (C=O) groups excluding carboxylic acids is 1. The van der Waals surface area contributed by atoms with Gasteiger partial charge in [0.1, 0.15) is 23.9 Å². The molecule has 38 heavy (non-hydrogen) atoms. The zero-order valence-corrected chi connectivity index (χ0v) is 21.8. The van der Waals surface area contributed by atoms with Crippen molar-refractivity contribution in [3.8, 4) is 17.0 Å². The number of sulfonamides is 1. The van der Waals surface area contributed by atoms with E-state index >= 15 is 0 Å². The molecular weight excluding hydrogens is 528 g/mol. The fourth-order valence-corrected chi connectivity index (χ4v) is 4.36. The average Bonchev–Trinajstić information content (AvgIpc) is 2.80. The van der Waals surface area contributed by atoms with Crippen LogP contribution in [0.5, 0.6) is 5.75 Å². The summed E-state index contributed by atoms with van der Waals surface area (Å²) >= 11 is 0. The first-order valence-corrected chi connectivity index (χ1v) is 12.9. The fourth-order valence-electron chi connectivity index (χ4n) is 3.38. The van der Waals surface area contributed by atoms with Crippen LogP contribution in [0.2, 0.25) is 0 Å². The highest BCUT2D eigenvalue weighted by atomic mass is 32.2. The number of anilines is 1. The number of rotatable bonds is 9. The Morgan fingerprint density at radius 1 is 1.13 bits per heavy atom. The third-order valence-electron chi connectivity index (χ3n) is 5.01. The molecule has 0 atom stereocenters. The summed E-state index contributed by atoms with van der Waals surface area (Å²) in [6.45, 7) is 4.19. The van der Waals surface area contributed by atoms with Crippen LogP contribution in [0.1, 0.15) is 32.8 Å². The number of aryl methyl sites for hydroxylation is 1. The maximum absolute atomic E-state index is 14.3. The molecule has 3 rings (SSSR count). The number of carbonyl (C=O) groups is 1. The van der Waals surface area contributed by atoms with Crippen LogP contribution in [0.4, 0.5) is 23.4 Å². The van der Waals surface area contributed by atoms with Crippen LogP contribution in [0.25, 0.3) is 11.3 Å². The molecule has 1 N–H and O–H groups in total. The molecule has 0 saturated carbocycles. The molecular formula is C25H30F4N4O4S. The summed E-state index contributed by atoms with van der Waals surface area (Å²) in [6.07, 6.45) is -4.66. The van der Waals surface area contributed by atoms with E-state index in [9.17, 15) is 30.8 Å². The monoisotopic (exact) mass is 558 g/mol. The van der Waals surface area contributed by atoms with E-state index in [1.807, 2.05) is 18.6 Å². The molecule has 0 bridgehead atoms. The highest BCUT2D eigenvalue weighted by Gasteiger charge is 2.32. The molecule has 13 heteroatoms. The molecule has 0 aliphatic rings. The van der Waals surface area contributed by atoms with Crippen molar-refractivity contribution in [3.05, 3.63) is 65.6 Å². The van der Waals surface area contributed by atoms with E-state index < -0.39 is 50.9 Å². The average molecular weight is 559 g/mol. The zero-order chi connectivity index (χ0) is 28.3. The third kappa shape index (κ3) is 7.63. The molecule has 3 aromatic rings. The number of aromatic nitrogens is 2. The summed E-state index contributed by atoms with van der Waals surface area (Å²) in [5.41, 5.74) is 0.171. The maximum Gasteiger partial charge on any atom is 0.405 e. The molecule has 2 aromatic heterocycles. The van der Waals surface area contributed by atoms with Gasteiger partial charge in [-0.1, -0.05) is 19.9 Å². The fraction of sp³-hybridized carbons (Fsp3) is 0.320. The molecule has 208 valence electrons. The summed E-state index contributed by atoms with van der Waals surface area (Å²) in [4.78, 5) is 21.7. The van der Waals surface area contributed by atoms with Crippen molar-refractivity contribution >= 4 is 21.7 Å². The summed E-state index contributed by atoms with van der Waals surface area (Å²) in [5, 5.41) is -0.436. The first-order valence-electron chi connectivity index (χ1n) is 11.4. The number of nitrogens with one attached hydrogen (secondary N) is 1. The van der Waals surface area contributed by atoms with Gasteiger partial charge >= 0.3 is 6.18 Å². The van der Waals surface area contributed by atoms with Gasteiger partial charge in [-0.05, 0) is 49.2 Å². The van der Waals surface area contributed by atoms with Gasteiger partial charge in [0.25, 0.3) is 15.9 Å². The Balaban J connectivity index is 0.00000400. The van der Waals surface area contributed by atoms with Gasteiger partial charge in [-0.3, -0.25) is 4.79 Å². The predicted molar refractivity (Wildman–Crippen MR) is 137 cm³/mol. The lowest BCUT2D eigenvalue weighted by molar-refractivity contribution is -0.119. The second-order valence-corrected chi connectivity index (χ2v) is 10.6. The number of nitrogens with zero attached hydrogens (tertiary/aromatic N) is 3. The Kier molecular flexibility index (Phi) is 8.60. The Morgan fingerprint density at radius 3 is 2.47 bits per heavy atom. The third-order valence-corrected chi connectivity index (χ3v) is 6.25. The van der Waals surface area contributed by atoms with Crippen molar-refractivity contribution in [1.29, 1.82) is 0 Å². The Labute approximate surface area is 220 Å². The van der Waals surface area contributed by atoms with Crippen molar-refractivity contribution < 1.29 is 38.4 Å². The summed E-state index contributed by atoms with van der Waals surface area (Å²) in [7, 11) is -3.39. The van der Waals surface area contributed by atoms with Crippen molar-refractivity contribution in [3.63, 3.8) is 0 Å². The zero-order valence-electron chi connectivity index (χ0n) is 21.0. The van der Waals surface area contributed by atoms with Crippen LogP contribution < -0.4 is 14.4 Å². The van der Waals surface area contributed by atoms with Crippen LogP contribution in [0, 0.1) is 18.7 Å². The van der Waals surface area contributed by atoms with E-state index in [0.29, 0.717) is 17.2 Å². The molecule has 0 fully saturated rings. The quantitative estimate of drug-likeness (QED) is 0.359. The van der Waals surface area contributed by atoms with Crippen LogP contribution >= 0.6 is 0 Å². The van der Waals surface area contributed by atoms with E-state index in [2.05, 4.69) is 9.97 Å². The number of ether oxygens (including phenoxy) is 1. The molecule has 0 saturated heterocycles. The van der Waals surface area contributed by atoms with Crippen LogP contribution in [-0.4, -0.2) is 50.7 Å². The highest BCUT2D eigenvalue weighted by molar-refractivity contribution is 7.90. The molecule has 1 aromatic carbocycles. The maximum atomic E-state index is 14.3. The van der Waals surface area contributed by atoms with E-state index in [4.69, 9.17) is 4.74 Å². The van der Waals surface area contributed by atoms with Gasteiger partial charge in [-0.2, -0.15) is 21.6 Å². The number of pyridine rings is 2. The molecule has 1 amide bonds. The van der Waals surface area contributed by atoms with Gasteiger partial charge in [-0.25, -0.2) is 19.1 Å². The molecule has 0 radical (unpaired) electrons. The van der Waals surface area contributed by atoms with Crippen LogP contribution in [-0.2, 0) is 10.0 Å². The minimum atomic E-state index is -4.66. The predicted octanol–water partition coefficient (Wildman–Crippen LogP) is 5.24. The molecule has 0 aliphatic carbocycles. The second kappa shape index (κ2) is 11.3. The Hall–Kier alpha value is -3.74. The normalized spacial score (nSPS) is 11.9. The molecule has 0 aliphatic heterocycles. The van der Waals surface area contributed by atoms with Crippen LogP contribution in [0.15, 0.2) is 53.6 Å². The summed E-state index contributed by atoms with van der Waals surface area (Å²) in [5.74, 6) is -1.98. The lowest BCUT2D eigenvalue weighted by atomic mass is 10.1. The molecule has 2 heterocycles. The number of hydrogen-bond donors (Lipinski definition) is 1. The number of alkyl halides is 3. The lowest BCUT2D eigenvalue weighted by Gasteiger charge is -2.23. The van der Waals surface area contributed by atoms with Gasteiger partial charge in [-0.15, -0.1) is 0 Å². The Morgan fingerprint density at radius 2 is 1.84 bits per heavy atom. The number of benzene rings is 1. The highest BCUT2D eigenvalue weighted by Crippen LogP contribution is 2.29. The Bertz CT molecular complexity index is 1440. The molecule has 0 spiro atoms. The standard InChI is InChI=1S/C25H26F4N4O4S.2H2/c1-15(2)13-37-19-11-17(10-18(26)12-19)21-9-8-20(23(31-21)33(4)14-25(27,28)29)24(34)32-38(35,36)22-7-5-6-16(3)30-22;;/h5-12,15H,13-14H2,1-4H3,(H,32,34);2*1H. The number of amides is 1. The van der Waals surface area contributed by atoms with Gasteiger partial charge in [0.15, 0.2) is 5.03 Å². The summed E-state index contributed by atoms with van der Waals surface area (Å²) in [6, 6.07) is 10.3. The lowest BCUT2D eigenvalue weighted by Crippen LogP contribution is -2.36. The van der Waals surface area contributed by atoms with Gasteiger partial charge in [0.2, 0.25) is 0 Å². The van der Waals surface area contributed by atoms with Crippen molar-refractivity contribution in [2.75, 3.05) is 25.1 Å². The minimum Gasteiger partial charge on any atom is -0.493 e. The smallest absolute Gasteiger partial charge is 0.405 e. The van der Waals surface area contributed by atoms with E-state index in [1.165, 1.54) is 24.3 Å². The first kappa shape index (κ1) is 28.8. The van der Waals surface area contributed by atoms with Crippen molar-refractivity contribution in [2.24, 2.45) is 5.92 Å². The van der Waals surface area contributed by atoms with E-state index in [-0.39, 0.29) is 25.8 Å². The van der Waals surface area contributed by atoms with E-state index in [1.54, 1.807) is 13.0 Å². The number of halogens is 4. The molecule has 8 nitrogen and oxygen atoms in total. The largest absolute Gasteiger partial charge is 0.493 e. The van der Waals surface area contributed by atoms with E-state index in [0.717, 1.165) is 25.2 Å². The van der Waals surface area contributed by atoms with Crippen molar-refractivity contribution in [2.45, 2.75) is 32.0 Å². The van der Waals surface area contributed by atoms with Gasteiger partial charge in [0.05, 0.1) is 17.9 Å².